The standard InChI is InChI=1S/C12H28NO2PS2/c1-4-15-16(3,14)18-17-11-12(2)9-7-5-6-8-10-13/h12H,4-11,13H2,1-3H3. The zero-order valence-corrected chi connectivity index (χ0v) is 14.4. The van der Waals surface area contributed by atoms with Gasteiger partial charge < -0.3 is 10.3 Å². The molecule has 0 amide bonds. The first-order valence-electron chi connectivity index (χ1n) is 6.75. The minimum atomic E-state index is -2.42. The summed E-state index contributed by atoms with van der Waals surface area (Å²) in [5.74, 6) is 1.73. The predicted molar refractivity (Wildman–Crippen MR) is 86.5 cm³/mol. The Morgan fingerprint density at radius 3 is 2.56 bits per heavy atom. The molecule has 0 aromatic carbocycles. The van der Waals surface area contributed by atoms with E-state index in [0.29, 0.717) is 12.5 Å². The quantitative estimate of drug-likeness (QED) is 0.319. The molecule has 0 radical (unpaired) electrons. The van der Waals surface area contributed by atoms with Gasteiger partial charge in [-0.05, 0) is 42.6 Å². The lowest BCUT2D eigenvalue weighted by atomic mass is 10.0. The lowest BCUT2D eigenvalue weighted by Crippen LogP contribution is -1.99. The average Bonchev–Trinajstić information content (AvgIpc) is 2.28. The maximum Gasteiger partial charge on any atom is 0.264 e. The van der Waals surface area contributed by atoms with Crippen LogP contribution in [0, 0.1) is 5.92 Å². The highest BCUT2D eigenvalue weighted by Gasteiger charge is 2.16. The third-order valence-corrected chi connectivity index (χ3v) is 9.60. The summed E-state index contributed by atoms with van der Waals surface area (Å²) in [5.41, 5.74) is 5.46. The maximum absolute atomic E-state index is 11.8. The van der Waals surface area contributed by atoms with E-state index in [1.165, 1.54) is 36.1 Å². The lowest BCUT2D eigenvalue weighted by Gasteiger charge is -2.13. The molecule has 0 heterocycles. The molecule has 0 aliphatic heterocycles. The lowest BCUT2D eigenvalue weighted by molar-refractivity contribution is 0.350. The third kappa shape index (κ3) is 11.9. The Balaban J connectivity index is 3.47. The molecule has 0 spiro atoms. The summed E-state index contributed by atoms with van der Waals surface area (Å²) in [6, 6.07) is 0. The van der Waals surface area contributed by atoms with Crippen LogP contribution < -0.4 is 5.73 Å². The van der Waals surface area contributed by atoms with Crippen LogP contribution in [-0.4, -0.2) is 25.6 Å². The second kappa shape index (κ2) is 11.7. The van der Waals surface area contributed by atoms with Crippen LogP contribution in [0.2, 0.25) is 0 Å². The van der Waals surface area contributed by atoms with E-state index in [1.54, 1.807) is 17.5 Å². The highest BCUT2D eigenvalue weighted by Crippen LogP contribution is 2.61. The summed E-state index contributed by atoms with van der Waals surface area (Å²) >= 11 is 0. The van der Waals surface area contributed by atoms with Crippen LogP contribution >= 0.6 is 27.8 Å². The summed E-state index contributed by atoms with van der Waals surface area (Å²) in [5, 5.41) is 0. The van der Waals surface area contributed by atoms with Gasteiger partial charge in [0.2, 0.25) is 0 Å². The number of hydrogen-bond acceptors (Lipinski definition) is 5. The molecule has 0 saturated heterocycles. The van der Waals surface area contributed by atoms with Crippen LogP contribution in [0.4, 0.5) is 0 Å². The largest absolute Gasteiger partial charge is 0.330 e. The van der Waals surface area contributed by atoms with Gasteiger partial charge in [0.1, 0.15) is 0 Å². The molecule has 0 aromatic heterocycles. The Hall–Kier alpha value is 0.850. The van der Waals surface area contributed by atoms with Gasteiger partial charge in [0.05, 0.1) is 6.61 Å². The van der Waals surface area contributed by atoms with Crippen molar-refractivity contribution < 1.29 is 9.09 Å². The molecule has 0 aromatic rings. The Labute approximate surface area is 120 Å². The molecule has 3 nitrogen and oxygen atoms in total. The van der Waals surface area contributed by atoms with Crippen molar-refractivity contribution in [1.29, 1.82) is 0 Å². The Morgan fingerprint density at radius 1 is 1.28 bits per heavy atom. The Bertz CT molecular complexity index is 242. The minimum Gasteiger partial charge on any atom is -0.330 e. The molecule has 0 aliphatic carbocycles. The highest BCUT2D eigenvalue weighted by atomic mass is 33.3. The van der Waals surface area contributed by atoms with Gasteiger partial charge in [-0.3, -0.25) is 4.57 Å². The molecular weight excluding hydrogens is 285 g/mol. The molecule has 0 bridgehead atoms. The van der Waals surface area contributed by atoms with Crippen molar-refractivity contribution in [3.63, 3.8) is 0 Å². The summed E-state index contributed by atoms with van der Waals surface area (Å²) < 4.78 is 17.1. The molecule has 18 heavy (non-hydrogen) atoms. The predicted octanol–water partition coefficient (Wildman–Crippen LogP) is 4.77. The van der Waals surface area contributed by atoms with Crippen molar-refractivity contribution in [1.82, 2.24) is 0 Å². The number of unbranched alkanes of at least 4 members (excludes halogenated alkanes) is 3. The molecule has 2 atom stereocenters. The molecule has 2 unspecified atom stereocenters. The van der Waals surface area contributed by atoms with E-state index in [9.17, 15) is 4.57 Å². The molecular formula is C12H28NO2PS2. The maximum atomic E-state index is 11.8. The van der Waals surface area contributed by atoms with Crippen LogP contribution in [-0.2, 0) is 9.09 Å². The van der Waals surface area contributed by atoms with Crippen LogP contribution in [0.3, 0.4) is 0 Å². The molecule has 110 valence electrons. The van der Waals surface area contributed by atoms with Crippen molar-refractivity contribution in [3.8, 4) is 0 Å². The van der Waals surface area contributed by atoms with Gasteiger partial charge in [-0.25, -0.2) is 0 Å². The van der Waals surface area contributed by atoms with E-state index >= 15 is 0 Å². The zero-order valence-electron chi connectivity index (χ0n) is 11.9. The van der Waals surface area contributed by atoms with E-state index in [0.717, 1.165) is 18.7 Å². The van der Waals surface area contributed by atoms with Crippen LogP contribution in [0.1, 0.15) is 46.0 Å². The van der Waals surface area contributed by atoms with Crippen molar-refractivity contribution in [2.24, 2.45) is 11.7 Å². The van der Waals surface area contributed by atoms with Crippen LogP contribution in [0.15, 0.2) is 0 Å². The summed E-state index contributed by atoms with van der Waals surface area (Å²) in [6.07, 6.45) is 6.21. The van der Waals surface area contributed by atoms with E-state index in [-0.39, 0.29) is 0 Å². The van der Waals surface area contributed by atoms with Crippen molar-refractivity contribution in [3.05, 3.63) is 0 Å². The summed E-state index contributed by atoms with van der Waals surface area (Å²) in [7, 11) is 3.10. The van der Waals surface area contributed by atoms with Gasteiger partial charge in [0.15, 0.2) is 0 Å². The smallest absolute Gasteiger partial charge is 0.264 e. The number of nitrogens with two attached hydrogens (primary N) is 1. The van der Waals surface area contributed by atoms with Gasteiger partial charge in [-0.2, -0.15) is 0 Å². The summed E-state index contributed by atoms with van der Waals surface area (Å²) in [4.78, 5) is 0. The van der Waals surface area contributed by atoms with Gasteiger partial charge in [0.25, 0.3) is 6.57 Å². The summed E-state index contributed by atoms with van der Waals surface area (Å²) in [6.45, 7) is 4.75. The SMILES string of the molecule is CCOP(C)(=O)SSCC(C)CCCCCCN. The van der Waals surface area contributed by atoms with E-state index in [4.69, 9.17) is 10.3 Å². The van der Waals surface area contributed by atoms with Gasteiger partial charge in [-0.15, -0.1) is 0 Å². The molecule has 0 aliphatic rings. The second-order valence-electron chi connectivity index (χ2n) is 4.64. The molecule has 2 N–H and O–H groups in total. The highest BCUT2D eigenvalue weighted by molar-refractivity contribution is 8.99. The second-order valence-corrected chi connectivity index (χ2v) is 11.6. The third-order valence-electron chi connectivity index (χ3n) is 2.56. The fourth-order valence-corrected chi connectivity index (χ4v) is 7.29. The van der Waals surface area contributed by atoms with Crippen molar-refractivity contribution in [2.75, 3.05) is 25.6 Å². The number of rotatable bonds is 12. The monoisotopic (exact) mass is 313 g/mol. The Kier molecular flexibility index (Phi) is 12.2. The van der Waals surface area contributed by atoms with Gasteiger partial charge in [-0.1, -0.05) is 37.0 Å². The van der Waals surface area contributed by atoms with E-state index in [1.807, 2.05) is 6.92 Å². The van der Waals surface area contributed by atoms with E-state index < -0.39 is 6.57 Å². The molecule has 0 rings (SSSR count). The molecule has 6 heteroatoms. The van der Waals surface area contributed by atoms with Gasteiger partial charge >= 0.3 is 0 Å². The first kappa shape index (κ1) is 18.9. The average molecular weight is 313 g/mol. The van der Waals surface area contributed by atoms with E-state index in [2.05, 4.69) is 6.92 Å². The first-order valence-corrected chi connectivity index (χ1v) is 11.7. The minimum absolute atomic E-state index is 0.526. The fraction of sp³-hybridized carbons (Fsp3) is 1.00. The first-order chi connectivity index (χ1) is 8.52. The number of hydrogen-bond donors (Lipinski definition) is 1. The van der Waals surface area contributed by atoms with Crippen molar-refractivity contribution >= 4 is 27.8 Å². The fourth-order valence-electron chi connectivity index (χ4n) is 1.57. The van der Waals surface area contributed by atoms with Crippen molar-refractivity contribution in [2.45, 2.75) is 46.0 Å². The van der Waals surface area contributed by atoms with Crippen LogP contribution in [0.25, 0.3) is 0 Å². The zero-order chi connectivity index (χ0) is 13.9. The molecule has 0 saturated carbocycles. The Morgan fingerprint density at radius 2 is 1.94 bits per heavy atom. The van der Waals surface area contributed by atoms with Crippen LogP contribution in [0.5, 0.6) is 0 Å². The molecule has 0 fully saturated rings. The van der Waals surface area contributed by atoms with Gasteiger partial charge in [0, 0.05) is 12.4 Å². The topological polar surface area (TPSA) is 52.3 Å². The normalized spacial score (nSPS) is 16.4.